The summed E-state index contributed by atoms with van der Waals surface area (Å²) in [5.74, 6) is 3.48. The van der Waals surface area contributed by atoms with Crippen molar-refractivity contribution in [2.24, 2.45) is 0 Å². The lowest BCUT2D eigenvalue weighted by Gasteiger charge is -2.27. The largest absolute Gasteiger partial charge is 0.279 e. The number of benzene rings is 1. The summed E-state index contributed by atoms with van der Waals surface area (Å²) in [5.41, 5.74) is 7.20. The quantitative estimate of drug-likeness (QED) is 0.0363. The van der Waals surface area contributed by atoms with Crippen molar-refractivity contribution < 1.29 is 0 Å². The Bertz CT molecular complexity index is 1790. The van der Waals surface area contributed by atoms with Gasteiger partial charge in [0, 0.05) is 24.8 Å². The number of aryl methyl sites for hydroxylation is 4. The summed E-state index contributed by atoms with van der Waals surface area (Å²) in [5, 5.41) is 0. The zero-order valence-corrected chi connectivity index (χ0v) is 46.4. The third kappa shape index (κ3) is 22.7. The second-order valence-corrected chi connectivity index (χ2v) is 21.2. The maximum absolute atomic E-state index is 5.16. The highest BCUT2D eigenvalue weighted by molar-refractivity contribution is 5.79. The topological polar surface area (TPSA) is 58.0 Å². The molecule has 0 spiro atoms. The van der Waals surface area contributed by atoms with E-state index < -0.39 is 0 Å². The number of unbranched alkanes of at least 4 members (excludes halogenated alkanes) is 28. The fourth-order valence-electron chi connectivity index (χ4n) is 10.2. The lowest BCUT2D eigenvalue weighted by atomic mass is 10.0. The van der Waals surface area contributed by atoms with Crippen LogP contribution in [0.3, 0.4) is 0 Å². The first-order chi connectivity index (χ1) is 35.6. The van der Waals surface area contributed by atoms with Crippen LogP contribution in [-0.2, 0) is 25.7 Å². The van der Waals surface area contributed by atoms with Gasteiger partial charge in [0.25, 0.3) is 0 Å². The van der Waals surface area contributed by atoms with Gasteiger partial charge in [-0.15, -0.1) is 0 Å². The van der Waals surface area contributed by atoms with Crippen molar-refractivity contribution in [3.63, 3.8) is 0 Å². The molecule has 0 unspecified atom stereocenters. The van der Waals surface area contributed by atoms with Crippen molar-refractivity contribution in [3.05, 3.63) is 120 Å². The summed E-state index contributed by atoms with van der Waals surface area (Å²) in [6.07, 6.45) is 55.0. The van der Waals surface area contributed by atoms with Crippen molar-refractivity contribution in [1.29, 1.82) is 0 Å². The maximum Gasteiger partial charge on any atom is 0.138 e. The standard InChI is InChI=1S/C66H100N6/c1-5-9-13-17-21-25-29-33-38-57-44-48-63(67-53-57)71(64-49-45-58(54-68-64)39-34-30-26-22-18-14-10-6-2)61-42-37-43-62(52-61)72(65-50-46-59(55-69-65)40-35-31-27-23-19-15-11-7-3)66-51-47-60(56-70-66)41-36-32-28-24-20-16-12-8-4/h37,42-56H,5-36,38-41H2,1-4H3. The zero-order valence-electron chi connectivity index (χ0n) is 46.4. The summed E-state index contributed by atoms with van der Waals surface area (Å²) in [4.78, 5) is 25.1. The van der Waals surface area contributed by atoms with Gasteiger partial charge in [0.1, 0.15) is 23.3 Å². The molecule has 6 nitrogen and oxygen atoms in total. The number of anilines is 6. The minimum Gasteiger partial charge on any atom is -0.279 e. The molecule has 5 rings (SSSR count). The van der Waals surface area contributed by atoms with Crippen LogP contribution in [0.2, 0.25) is 0 Å². The first-order valence-corrected chi connectivity index (χ1v) is 30.1. The summed E-state index contributed by atoms with van der Waals surface area (Å²) >= 11 is 0. The summed E-state index contributed by atoms with van der Waals surface area (Å²) in [6.45, 7) is 9.17. The van der Waals surface area contributed by atoms with Crippen LogP contribution >= 0.6 is 0 Å². The molecule has 5 aromatic rings. The van der Waals surface area contributed by atoms with E-state index in [1.165, 1.54) is 228 Å². The number of hydrogen-bond donors (Lipinski definition) is 0. The molecule has 0 fully saturated rings. The Morgan fingerprint density at radius 2 is 0.486 bits per heavy atom. The molecule has 0 N–H and O–H groups in total. The fraction of sp³-hybridized carbons (Fsp3) is 0.606. The Labute approximate surface area is 441 Å². The van der Waals surface area contributed by atoms with E-state index >= 15 is 0 Å². The molecule has 6 heteroatoms. The first-order valence-electron chi connectivity index (χ1n) is 30.1. The van der Waals surface area contributed by atoms with E-state index in [0.717, 1.165) is 60.3 Å². The Hall–Kier alpha value is -4.58. The van der Waals surface area contributed by atoms with Crippen LogP contribution < -0.4 is 9.80 Å². The molecule has 4 aromatic heterocycles. The molecule has 0 amide bonds. The highest BCUT2D eigenvalue weighted by Crippen LogP contribution is 2.38. The monoisotopic (exact) mass is 977 g/mol. The van der Waals surface area contributed by atoms with Gasteiger partial charge >= 0.3 is 0 Å². The van der Waals surface area contributed by atoms with Crippen LogP contribution in [0.25, 0.3) is 0 Å². The van der Waals surface area contributed by atoms with Crippen molar-refractivity contribution in [1.82, 2.24) is 19.9 Å². The minimum absolute atomic E-state index is 0.869. The molecule has 0 atom stereocenters. The Morgan fingerprint density at radius 1 is 0.264 bits per heavy atom. The van der Waals surface area contributed by atoms with E-state index in [0.29, 0.717) is 0 Å². The third-order valence-corrected chi connectivity index (χ3v) is 14.8. The lowest BCUT2D eigenvalue weighted by Crippen LogP contribution is -2.16. The Kier molecular flexibility index (Phi) is 30.1. The molecule has 0 bridgehead atoms. The highest BCUT2D eigenvalue weighted by Gasteiger charge is 2.20. The maximum atomic E-state index is 5.16. The number of nitrogens with zero attached hydrogens (tertiary/aromatic N) is 6. The summed E-state index contributed by atoms with van der Waals surface area (Å²) in [6, 6.07) is 26.7. The first kappa shape index (κ1) is 58.3. The zero-order chi connectivity index (χ0) is 50.5. The molecule has 0 aliphatic carbocycles. The van der Waals surface area contributed by atoms with Gasteiger partial charge in [-0.3, -0.25) is 9.80 Å². The number of pyridine rings is 4. The molecule has 0 aliphatic heterocycles. The molecule has 72 heavy (non-hydrogen) atoms. The van der Waals surface area contributed by atoms with E-state index in [1.807, 2.05) is 0 Å². The van der Waals surface area contributed by atoms with Crippen LogP contribution in [0.4, 0.5) is 34.6 Å². The smallest absolute Gasteiger partial charge is 0.138 e. The van der Waals surface area contributed by atoms with Gasteiger partial charge in [0.2, 0.25) is 0 Å². The van der Waals surface area contributed by atoms with E-state index in [-0.39, 0.29) is 0 Å². The van der Waals surface area contributed by atoms with Crippen molar-refractivity contribution in [3.8, 4) is 0 Å². The van der Waals surface area contributed by atoms with Crippen molar-refractivity contribution >= 4 is 34.6 Å². The summed E-state index contributed by atoms with van der Waals surface area (Å²) in [7, 11) is 0. The third-order valence-electron chi connectivity index (χ3n) is 14.8. The molecule has 0 radical (unpaired) electrons. The van der Waals surface area contributed by atoms with Crippen LogP contribution in [-0.4, -0.2) is 19.9 Å². The molecular weight excluding hydrogens is 877 g/mol. The second-order valence-electron chi connectivity index (χ2n) is 21.2. The molecule has 4 heterocycles. The van der Waals surface area contributed by atoms with Crippen molar-refractivity contribution in [2.45, 2.75) is 259 Å². The SMILES string of the molecule is CCCCCCCCCCc1ccc(N(c2cccc(N(c3ccc(CCCCCCCCCC)cn3)c3ccc(CCCCCCCCCC)cn3)c2)c2ccc(CCCCCCCCCC)cn2)nc1. The van der Waals surface area contributed by atoms with E-state index in [1.54, 1.807) is 0 Å². The van der Waals surface area contributed by atoms with Crippen LogP contribution in [0.15, 0.2) is 97.6 Å². The fourth-order valence-corrected chi connectivity index (χ4v) is 10.2. The predicted octanol–water partition coefficient (Wildman–Crippen LogP) is 20.9. The van der Waals surface area contributed by atoms with Gasteiger partial charge in [0.05, 0.1) is 11.4 Å². The van der Waals surface area contributed by atoms with Crippen LogP contribution in [0, 0.1) is 0 Å². The Balaban J connectivity index is 1.37. The van der Waals surface area contributed by atoms with Gasteiger partial charge in [-0.2, -0.15) is 0 Å². The van der Waals surface area contributed by atoms with Crippen molar-refractivity contribution in [2.75, 3.05) is 9.80 Å². The molecule has 1 aromatic carbocycles. The molecule has 0 saturated carbocycles. The van der Waals surface area contributed by atoms with E-state index in [4.69, 9.17) is 19.9 Å². The van der Waals surface area contributed by atoms with Crippen LogP contribution in [0.1, 0.15) is 255 Å². The number of hydrogen-bond acceptors (Lipinski definition) is 6. The van der Waals surface area contributed by atoms with Gasteiger partial charge in [-0.1, -0.05) is 238 Å². The molecule has 0 aliphatic rings. The average molecular weight is 978 g/mol. The molecular formula is C66H100N6. The van der Waals surface area contributed by atoms with Crippen LogP contribution in [0.5, 0.6) is 0 Å². The average Bonchev–Trinajstić information content (AvgIpc) is 3.41. The Morgan fingerprint density at radius 3 is 0.694 bits per heavy atom. The van der Waals surface area contributed by atoms with Gasteiger partial charge in [0.15, 0.2) is 0 Å². The molecule has 0 saturated heterocycles. The number of rotatable bonds is 42. The highest BCUT2D eigenvalue weighted by atomic mass is 15.3. The summed E-state index contributed by atoms with van der Waals surface area (Å²) < 4.78 is 0. The predicted molar refractivity (Wildman–Crippen MR) is 312 cm³/mol. The second kappa shape index (κ2) is 37.2. The van der Waals surface area contributed by atoms with Gasteiger partial charge in [-0.25, -0.2) is 19.9 Å². The minimum atomic E-state index is 0.869. The van der Waals surface area contributed by atoms with E-state index in [2.05, 4.69) is 135 Å². The molecule has 394 valence electrons. The lowest BCUT2D eigenvalue weighted by molar-refractivity contribution is 0.575. The van der Waals surface area contributed by atoms with Gasteiger partial charge < -0.3 is 0 Å². The normalized spacial score (nSPS) is 11.4. The van der Waals surface area contributed by atoms with E-state index in [9.17, 15) is 0 Å². The van der Waals surface area contributed by atoms with Gasteiger partial charge in [-0.05, 0) is 116 Å². The number of aromatic nitrogens is 4.